The molecule has 162 valence electrons. The number of carbonyl (C=O) groups excluding carboxylic acids is 1. The molecule has 1 aliphatic carbocycles. The quantitative estimate of drug-likeness (QED) is 0.555. The van der Waals surface area contributed by atoms with Crippen molar-refractivity contribution in [1.82, 2.24) is 20.3 Å². The van der Waals surface area contributed by atoms with Gasteiger partial charge in [0.05, 0.1) is 34.6 Å². The van der Waals surface area contributed by atoms with Crippen LogP contribution in [0.25, 0.3) is 0 Å². The molecule has 0 spiro atoms. The van der Waals surface area contributed by atoms with Gasteiger partial charge in [-0.1, -0.05) is 11.3 Å². The Morgan fingerprint density at radius 3 is 2.53 bits per heavy atom. The van der Waals surface area contributed by atoms with Gasteiger partial charge in [0.1, 0.15) is 21.4 Å². The second-order valence-corrected chi connectivity index (χ2v) is 8.96. The van der Waals surface area contributed by atoms with E-state index in [-0.39, 0.29) is 30.6 Å². The van der Waals surface area contributed by atoms with Crippen LogP contribution in [-0.2, 0) is 16.4 Å². The summed E-state index contributed by atoms with van der Waals surface area (Å²) in [5, 5.41) is 7.31. The fourth-order valence-electron chi connectivity index (χ4n) is 3.72. The Morgan fingerprint density at radius 1 is 1.28 bits per heavy atom. The van der Waals surface area contributed by atoms with E-state index in [1.54, 1.807) is 6.92 Å². The smallest absolute Gasteiger partial charge is 0.370 e. The Bertz CT molecular complexity index is 1040. The number of aromatic nitrogens is 3. The van der Waals surface area contributed by atoms with E-state index in [2.05, 4.69) is 30.9 Å². The molecule has 1 saturated carbocycles. The van der Waals surface area contributed by atoms with E-state index in [9.17, 15) is 18.0 Å². The summed E-state index contributed by atoms with van der Waals surface area (Å²) in [6, 6.07) is 0. The zero-order valence-corrected chi connectivity index (χ0v) is 18.0. The molecule has 1 saturated heterocycles. The lowest BCUT2D eigenvalue weighted by molar-refractivity contribution is -0.137. The van der Waals surface area contributed by atoms with Crippen LogP contribution in [0, 0.1) is 0 Å². The maximum atomic E-state index is 13.3. The van der Waals surface area contributed by atoms with Crippen molar-refractivity contribution in [3.63, 3.8) is 0 Å². The van der Waals surface area contributed by atoms with Crippen LogP contribution in [0.1, 0.15) is 48.4 Å². The highest BCUT2D eigenvalue weighted by Crippen LogP contribution is 2.52. The Hall–Kier alpha value is -2.24. The van der Waals surface area contributed by atoms with Crippen LogP contribution in [0.5, 0.6) is 0 Å². The van der Waals surface area contributed by atoms with Gasteiger partial charge in [0.2, 0.25) is 11.9 Å². The Labute approximate surface area is 191 Å². The van der Waals surface area contributed by atoms with Crippen molar-refractivity contribution in [2.45, 2.75) is 48.8 Å². The van der Waals surface area contributed by atoms with Gasteiger partial charge in [-0.05, 0) is 26.2 Å². The Morgan fingerprint density at radius 2 is 2.00 bits per heavy atom. The maximum Gasteiger partial charge on any atom is 0.421 e. The molecule has 32 heavy (non-hydrogen) atoms. The highest BCUT2D eigenvalue weighted by molar-refractivity contribution is 7.16. The number of nitrogens with zero attached hydrogens (tertiary/aromatic N) is 3. The number of nitrogens with one attached hydrogen (secondary N) is 3. The molecule has 14 heteroatoms. The van der Waals surface area contributed by atoms with Crippen LogP contribution < -0.4 is 16.0 Å². The largest absolute Gasteiger partial charge is 0.421 e. The van der Waals surface area contributed by atoms with Crippen LogP contribution in [0.4, 0.5) is 29.9 Å². The van der Waals surface area contributed by atoms with Gasteiger partial charge in [0.15, 0.2) is 0 Å². The molecule has 1 aliphatic heterocycles. The first-order chi connectivity index (χ1) is 15.0. The van der Waals surface area contributed by atoms with Crippen molar-refractivity contribution in [2.24, 2.45) is 0 Å². The highest BCUT2D eigenvalue weighted by atomic mass is 32.1. The van der Waals surface area contributed by atoms with E-state index in [1.165, 1.54) is 0 Å². The van der Waals surface area contributed by atoms with Gasteiger partial charge >= 0.3 is 6.18 Å². The number of thiazole rings is 1. The van der Waals surface area contributed by atoms with E-state index in [4.69, 9.17) is 23.5 Å². The van der Waals surface area contributed by atoms with Gasteiger partial charge in [-0.15, -0.1) is 5.11 Å². The van der Waals surface area contributed by atoms with Crippen molar-refractivity contribution in [3.05, 3.63) is 22.5 Å². The molecule has 0 aromatic carbocycles. The van der Waals surface area contributed by atoms with Crippen LogP contribution in [0.3, 0.4) is 0 Å². The number of carbonyl (C=O) groups is 1. The molecule has 2 aromatic rings. The van der Waals surface area contributed by atoms with Gasteiger partial charge in [-0.2, -0.15) is 18.2 Å². The molecule has 6 radical (unpaired) electrons. The summed E-state index contributed by atoms with van der Waals surface area (Å²) in [5.74, 6) is -0.621. The summed E-state index contributed by atoms with van der Waals surface area (Å²) in [6.07, 6.45) is -1.81. The molecule has 2 aliphatic rings. The molecular formula is C18H18B3F3N6OS. The van der Waals surface area contributed by atoms with E-state index < -0.39 is 28.2 Å². The number of amides is 1. The molecule has 1 atom stereocenters. The third-order valence-electron chi connectivity index (χ3n) is 5.56. The number of anilines is 3. The summed E-state index contributed by atoms with van der Waals surface area (Å²) in [4.78, 5) is 25.2. The Balaban J connectivity index is 1.73. The molecule has 3 heterocycles. The van der Waals surface area contributed by atoms with Gasteiger partial charge in [-0.25, -0.2) is 9.97 Å². The van der Waals surface area contributed by atoms with Gasteiger partial charge in [-0.3, -0.25) is 4.79 Å². The standard InChI is InChI=1S/C18H18B3F3N6OS/c1-2-25-11-9(17(22,23)24)7-27-15(29-11)30-12-10(8-3-4-8)28-14(32-12)16(18(19,20)21)5-6-26-13(16)31/h7-8H,2-6H2,1H3,(H,26,31)(H2,25,27,29,30)/t16-/m0/s1. The van der Waals surface area contributed by atoms with Crippen molar-refractivity contribution >= 4 is 57.6 Å². The average molecular weight is 456 g/mol. The summed E-state index contributed by atoms with van der Waals surface area (Å²) in [7, 11) is 18.0. The lowest BCUT2D eigenvalue weighted by Gasteiger charge is -2.39. The summed E-state index contributed by atoms with van der Waals surface area (Å²) >= 11 is 1.13. The molecule has 2 fully saturated rings. The first kappa shape index (κ1) is 22.9. The van der Waals surface area contributed by atoms with Crippen LogP contribution in [-0.4, -0.2) is 57.5 Å². The van der Waals surface area contributed by atoms with E-state index in [0.29, 0.717) is 22.2 Å². The fourth-order valence-corrected chi connectivity index (χ4v) is 5.06. The third-order valence-corrected chi connectivity index (χ3v) is 6.71. The predicted molar refractivity (Wildman–Crippen MR) is 118 cm³/mol. The lowest BCUT2D eigenvalue weighted by atomic mass is 9.32. The molecule has 4 rings (SSSR count). The third kappa shape index (κ3) is 3.97. The number of hydrogen-bond acceptors (Lipinski definition) is 7. The van der Waals surface area contributed by atoms with Crippen LogP contribution in [0.2, 0.25) is 5.11 Å². The minimum absolute atomic E-state index is 0.0320. The highest BCUT2D eigenvalue weighted by Gasteiger charge is 2.54. The second kappa shape index (κ2) is 7.96. The molecule has 3 N–H and O–H groups in total. The number of halogens is 3. The zero-order valence-electron chi connectivity index (χ0n) is 17.2. The first-order valence-corrected chi connectivity index (χ1v) is 10.9. The van der Waals surface area contributed by atoms with Crippen LogP contribution >= 0.6 is 11.3 Å². The molecule has 0 unspecified atom stereocenters. The zero-order chi connectivity index (χ0) is 23.3. The maximum absolute atomic E-state index is 13.3. The van der Waals surface area contributed by atoms with Gasteiger partial charge in [0, 0.05) is 25.2 Å². The number of alkyl halides is 3. The molecular weight excluding hydrogens is 438 g/mol. The van der Waals surface area contributed by atoms with E-state index >= 15 is 0 Å². The van der Waals surface area contributed by atoms with E-state index in [0.717, 1.165) is 30.4 Å². The number of rotatable bonds is 7. The van der Waals surface area contributed by atoms with Gasteiger partial charge < -0.3 is 16.0 Å². The normalized spacial score (nSPS) is 21.4. The minimum Gasteiger partial charge on any atom is -0.370 e. The first-order valence-electron chi connectivity index (χ1n) is 10.1. The lowest BCUT2D eigenvalue weighted by Crippen LogP contribution is -2.47. The van der Waals surface area contributed by atoms with Crippen LogP contribution in [0.15, 0.2) is 6.20 Å². The van der Waals surface area contributed by atoms with E-state index in [1.807, 2.05) is 0 Å². The van der Waals surface area contributed by atoms with Crippen molar-refractivity contribution in [2.75, 3.05) is 23.7 Å². The van der Waals surface area contributed by atoms with Crippen molar-refractivity contribution < 1.29 is 18.0 Å². The van der Waals surface area contributed by atoms with Gasteiger partial charge in [0.25, 0.3) is 0 Å². The summed E-state index contributed by atoms with van der Waals surface area (Å²) in [6.45, 7) is 2.27. The fraction of sp³-hybridized carbons (Fsp3) is 0.556. The molecule has 2 aromatic heterocycles. The SMILES string of the molecule is [B]C([B])([B])[C@@]1(c2nc(C3CC3)c(Nc3ncc(C(F)(F)F)c(NCC)n3)s2)CCNC1=O. The Kier molecular flexibility index (Phi) is 5.71. The molecule has 0 bridgehead atoms. The summed E-state index contributed by atoms with van der Waals surface area (Å²) in [5.41, 5.74) is -1.71. The predicted octanol–water partition coefficient (Wildman–Crippen LogP) is 2.34. The average Bonchev–Trinajstić information content (AvgIpc) is 3.32. The monoisotopic (exact) mass is 456 g/mol. The minimum atomic E-state index is -4.60. The summed E-state index contributed by atoms with van der Waals surface area (Å²) < 4.78 is 39.8. The topological polar surface area (TPSA) is 91.8 Å². The number of hydrogen-bond donors (Lipinski definition) is 3. The molecule has 1 amide bonds. The molecule has 7 nitrogen and oxygen atoms in total. The van der Waals surface area contributed by atoms with Crippen molar-refractivity contribution in [1.29, 1.82) is 0 Å². The van der Waals surface area contributed by atoms with Crippen molar-refractivity contribution in [3.8, 4) is 0 Å². The second-order valence-electron chi connectivity index (χ2n) is 7.96.